The number of nitrogens with zero attached hydrogens (tertiary/aromatic N) is 4. The van der Waals surface area contributed by atoms with Crippen molar-refractivity contribution < 1.29 is 0 Å². The second kappa shape index (κ2) is 4.93. The lowest BCUT2D eigenvalue weighted by molar-refractivity contribution is 0.568. The van der Waals surface area contributed by atoms with E-state index in [4.69, 9.17) is 5.84 Å². The lowest BCUT2D eigenvalue weighted by atomic mass is 10.1. The molecule has 2 rings (SSSR count). The fraction of sp³-hybridized carbons (Fsp3) is 0.667. The molecule has 88 valence electrons. The number of hydrogen-bond donors (Lipinski definition) is 3. The van der Waals surface area contributed by atoms with Crippen molar-refractivity contribution in [1.82, 2.24) is 15.0 Å². The molecule has 1 aromatic rings. The minimum Gasteiger partial charge on any atom is -0.357 e. The largest absolute Gasteiger partial charge is 0.357 e. The van der Waals surface area contributed by atoms with Gasteiger partial charge in [0.2, 0.25) is 17.8 Å². The van der Waals surface area contributed by atoms with Gasteiger partial charge in [-0.3, -0.25) is 5.43 Å². The second-order valence-electron chi connectivity index (χ2n) is 3.72. The van der Waals surface area contributed by atoms with Gasteiger partial charge in [0.15, 0.2) is 0 Å². The Bertz CT molecular complexity index is 325. The molecule has 0 spiro atoms. The van der Waals surface area contributed by atoms with Crippen LogP contribution in [0.4, 0.5) is 17.8 Å². The van der Waals surface area contributed by atoms with Crippen molar-refractivity contribution in [3.05, 3.63) is 0 Å². The van der Waals surface area contributed by atoms with Crippen molar-refractivity contribution >= 4 is 17.8 Å². The zero-order valence-corrected chi connectivity index (χ0v) is 9.40. The molecule has 16 heavy (non-hydrogen) atoms. The van der Waals surface area contributed by atoms with Crippen LogP contribution in [-0.4, -0.2) is 35.1 Å². The first-order chi connectivity index (χ1) is 7.83. The van der Waals surface area contributed by atoms with Gasteiger partial charge in [-0.25, -0.2) is 5.84 Å². The van der Waals surface area contributed by atoms with Crippen LogP contribution in [0.5, 0.6) is 0 Å². The summed E-state index contributed by atoms with van der Waals surface area (Å²) in [5.74, 6) is 6.93. The number of rotatable bonds is 3. The molecule has 0 radical (unpaired) electrons. The van der Waals surface area contributed by atoms with Gasteiger partial charge in [-0.2, -0.15) is 15.0 Å². The second-order valence-corrected chi connectivity index (χ2v) is 3.72. The van der Waals surface area contributed by atoms with Crippen LogP contribution < -0.4 is 21.5 Å². The molecule has 1 aliphatic rings. The molecule has 1 saturated heterocycles. The zero-order valence-electron chi connectivity index (χ0n) is 9.40. The Hall–Kier alpha value is -1.63. The van der Waals surface area contributed by atoms with Gasteiger partial charge in [-0.15, -0.1) is 0 Å². The summed E-state index contributed by atoms with van der Waals surface area (Å²) in [7, 11) is 1.77. The quantitative estimate of drug-likeness (QED) is 0.497. The maximum Gasteiger partial charge on any atom is 0.243 e. The Balaban J connectivity index is 2.24. The highest BCUT2D eigenvalue weighted by Gasteiger charge is 2.15. The molecular weight excluding hydrogens is 206 g/mol. The Labute approximate surface area is 94.4 Å². The summed E-state index contributed by atoms with van der Waals surface area (Å²) in [4.78, 5) is 14.8. The average Bonchev–Trinajstić information content (AvgIpc) is 2.39. The molecule has 1 aromatic heterocycles. The molecule has 0 saturated carbocycles. The van der Waals surface area contributed by atoms with Crippen molar-refractivity contribution in [2.45, 2.75) is 19.3 Å². The lowest BCUT2D eigenvalue weighted by Crippen LogP contribution is -2.31. The van der Waals surface area contributed by atoms with E-state index in [-0.39, 0.29) is 0 Å². The maximum atomic E-state index is 5.32. The summed E-state index contributed by atoms with van der Waals surface area (Å²) >= 11 is 0. The molecule has 1 fully saturated rings. The van der Waals surface area contributed by atoms with E-state index in [0.717, 1.165) is 13.1 Å². The van der Waals surface area contributed by atoms with Gasteiger partial charge in [0, 0.05) is 20.1 Å². The monoisotopic (exact) mass is 223 g/mol. The minimum atomic E-state index is 0.389. The van der Waals surface area contributed by atoms with Crippen molar-refractivity contribution in [2.24, 2.45) is 5.84 Å². The van der Waals surface area contributed by atoms with Crippen LogP contribution in [-0.2, 0) is 0 Å². The van der Waals surface area contributed by atoms with Crippen LogP contribution in [0.3, 0.4) is 0 Å². The highest BCUT2D eigenvalue weighted by Crippen LogP contribution is 2.17. The molecule has 0 amide bonds. The van der Waals surface area contributed by atoms with E-state index < -0.39 is 0 Å². The Morgan fingerprint density at radius 1 is 1.06 bits per heavy atom. The molecule has 0 bridgehead atoms. The molecule has 1 aliphatic heterocycles. The fourth-order valence-electron chi connectivity index (χ4n) is 1.78. The van der Waals surface area contributed by atoms with E-state index in [9.17, 15) is 0 Å². The zero-order chi connectivity index (χ0) is 11.4. The molecule has 7 heteroatoms. The fourth-order valence-corrected chi connectivity index (χ4v) is 1.78. The van der Waals surface area contributed by atoms with Crippen LogP contribution in [0.2, 0.25) is 0 Å². The van der Waals surface area contributed by atoms with E-state index in [2.05, 4.69) is 30.6 Å². The van der Waals surface area contributed by atoms with E-state index in [0.29, 0.717) is 17.8 Å². The number of anilines is 3. The SMILES string of the molecule is CNc1nc(NN)nc(N2CCCCC2)n1. The van der Waals surface area contributed by atoms with Crippen LogP contribution in [0.1, 0.15) is 19.3 Å². The van der Waals surface area contributed by atoms with Gasteiger partial charge in [-0.05, 0) is 19.3 Å². The molecule has 0 aromatic carbocycles. The van der Waals surface area contributed by atoms with Crippen LogP contribution in [0.25, 0.3) is 0 Å². The van der Waals surface area contributed by atoms with Crippen molar-refractivity contribution in [3.63, 3.8) is 0 Å². The number of hydrazine groups is 1. The van der Waals surface area contributed by atoms with Gasteiger partial charge in [0.05, 0.1) is 0 Å². The van der Waals surface area contributed by atoms with Crippen molar-refractivity contribution in [3.8, 4) is 0 Å². The number of nitrogen functional groups attached to an aromatic ring is 1. The first-order valence-corrected chi connectivity index (χ1v) is 5.49. The van der Waals surface area contributed by atoms with Crippen LogP contribution in [0, 0.1) is 0 Å². The molecular formula is C9H17N7. The predicted molar refractivity (Wildman–Crippen MR) is 63.2 cm³/mol. The normalized spacial score (nSPS) is 16.0. The highest BCUT2D eigenvalue weighted by atomic mass is 15.4. The topological polar surface area (TPSA) is 92.0 Å². The van der Waals surface area contributed by atoms with Gasteiger partial charge in [-0.1, -0.05) is 0 Å². The first kappa shape index (κ1) is 10.9. The van der Waals surface area contributed by atoms with E-state index in [1.165, 1.54) is 19.3 Å². The van der Waals surface area contributed by atoms with E-state index >= 15 is 0 Å². The maximum absolute atomic E-state index is 5.32. The molecule has 0 unspecified atom stereocenters. The Kier molecular flexibility index (Phi) is 3.35. The minimum absolute atomic E-state index is 0.389. The summed E-state index contributed by atoms with van der Waals surface area (Å²) in [6.07, 6.45) is 3.65. The molecule has 2 heterocycles. The molecule has 0 atom stereocenters. The third-order valence-electron chi connectivity index (χ3n) is 2.62. The standard InChI is InChI=1S/C9H17N7/c1-11-7-12-8(15-10)14-9(13-7)16-5-3-2-4-6-16/h2-6,10H2,1H3,(H2,11,12,13,14,15). The Morgan fingerprint density at radius 2 is 1.75 bits per heavy atom. The predicted octanol–water partition coefficient (Wildman–Crippen LogP) is 0.189. The third-order valence-corrected chi connectivity index (χ3v) is 2.62. The smallest absolute Gasteiger partial charge is 0.243 e. The summed E-state index contributed by atoms with van der Waals surface area (Å²) in [5, 5.41) is 2.90. The third kappa shape index (κ3) is 2.30. The van der Waals surface area contributed by atoms with Gasteiger partial charge in [0.1, 0.15) is 0 Å². The summed E-state index contributed by atoms with van der Waals surface area (Å²) in [5.41, 5.74) is 2.45. The van der Waals surface area contributed by atoms with Gasteiger partial charge >= 0.3 is 0 Å². The summed E-state index contributed by atoms with van der Waals surface area (Å²) in [6, 6.07) is 0. The van der Waals surface area contributed by atoms with Crippen LogP contribution in [0.15, 0.2) is 0 Å². The number of nitrogens with two attached hydrogens (primary N) is 1. The van der Waals surface area contributed by atoms with Crippen LogP contribution >= 0.6 is 0 Å². The van der Waals surface area contributed by atoms with Gasteiger partial charge in [0.25, 0.3) is 0 Å². The number of hydrogen-bond acceptors (Lipinski definition) is 7. The summed E-state index contributed by atoms with van der Waals surface area (Å²) in [6.45, 7) is 1.99. The summed E-state index contributed by atoms with van der Waals surface area (Å²) < 4.78 is 0. The molecule has 0 aliphatic carbocycles. The Morgan fingerprint density at radius 3 is 2.38 bits per heavy atom. The molecule has 4 N–H and O–H groups in total. The number of aromatic nitrogens is 3. The van der Waals surface area contributed by atoms with Crippen molar-refractivity contribution in [2.75, 3.05) is 35.8 Å². The van der Waals surface area contributed by atoms with Gasteiger partial charge < -0.3 is 10.2 Å². The number of nitrogens with one attached hydrogen (secondary N) is 2. The van der Waals surface area contributed by atoms with Crippen molar-refractivity contribution in [1.29, 1.82) is 0 Å². The average molecular weight is 223 g/mol. The number of piperidine rings is 1. The van der Waals surface area contributed by atoms with E-state index in [1.807, 2.05) is 0 Å². The lowest BCUT2D eigenvalue weighted by Gasteiger charge is -2.26. The molecule has 7 nitrogen and oxygen atoms in total. The highest BCUT2D eigenvalue weighted by molar-refractivity contribution is 5.43. The first-order valence-electron chi connectivity index (χ1n) is 5.49. The van der Waals surface area contributed by atoms with E-state index in [1.54, 1.807) is 7.05 Å².